The van der Waals surface area contributed by atoms with Gasteiger partial charge in [0, 0.05) is 63.9 Å². The molecule has 7 nitrogen and oxygen atoms in total. The van der Waals surface area contributed by atoms with Crippen molar-refractivity contribution >= 4 is 17.5 Å². The topological polar surface area (TPSA) is 62.9 Å². The van der Waals surface area contributed by atoms with Crippen molar-refractivity contribution in [2.45, 2.75) is 56.1 Å². The molecule has 0 bridgehead atoms. The van der Waals surface area contributed by atoms with Gasteiger partial charge in [-0.2, -0.15) is 0 Å². The first kappa shape index (κ1) is 18.9. The Labute approximate surface area is 161 Å². The molecule has 148 valence electrons. The van der Waals surface area contributed by atoms with Crippen molar-refractivity contribution in [1.82, 2.24) is 31.1 Å². The largest absolute Gasteiger partial charge is 0.299 e. The van der Waals surface area contributed by atoms with Crippen LogP contribution in [-0.2, 0) is 4.79 Å². The lowest BCUT2D eigenvalue weighted by atomic mass is 9.81. The van der Waals surface area contributed by atoms with E-state index in [0.29, 0.717) is 6.04 Å². The number of carbonyl (C=O) groups excluding carboxylic acids is 1. The summed E-state index contributed by atoms with van der Waals surface area (Å²) in [6, 6.07) is 1.43. The molecule has 1 saturated carbocycles. The second-order valence-corrected chi connectivity index (χ2v) is 8.68. The van der Waals surface area contributed by atoms with E-state index in [9.17, 15) is 4.79 Å². The minimum absolute atomic E-state index is 0.0930. The number of rotatable bonds is 4. The number of hydrogen-bond acceptors (Lipinski definition) is 6. The zero-order valence-corrected chi connectivity index (χ0v) is 16.5. The SMILES string of the molecule is CCN1NC(CN2CCN(C3CNNC(=O)C3Cl)CC2)C2CCCCC21. The van der Waals surface area contributed by atoms with Crippen LogP contribution in [0.5, 0.6) is 0 Å². The number of fused-ring (bicyclic) bond motifs is 1. The summed E-state index contributed by atoms with van der Waals surface area (Å²) in [6.07, 6.45) is 5.49. The van der Waals surface area contributed by atoms with Crippen molar-refractivity contribution in [3.8, 4) is 0 Å². The van der Waals surface area contributed by atoms with Crippen LogP contribution in [0.25, 0.3) is 0 Å². The second-order valence-electron chi connectivity index (χ2n) is 8.21. The van der Waals surface area contributed by atoms with Crippen molar-refractivity contribution in [2.24, 2.45) is 5.92 Å². The fourth-order valence-corrected chi connectivity index (χ4v) is 5.67. The van der Waals surface area contributed by atoms with E-state index in [1.807, 2.05) is 0 Å². The van der Waals surface area contributed by atoms with Crippen LogP contribution in [0.4, 0.5) is 0 Å². The third-order valence-corrected chi connectivity index (χ3v) is 7.30. The van der Waals surface area contributed by atoms with Crippen molar-refractivity contribution < 1.29 is 4.79 Å². The summed E-state index contributed by atoms with van der Waals surface area (Å²) in [5.41, 5.74) is 9.40. The van der Waals surface area contributed by atoms with Gasteiger partial charge in [0.2, 0.25) is 0 Å². The monoisotopic (exact) mass is 384 g/mol. The molecule has 4 fully saturated rings. The van der Waals surface area contributed by atoms with E-state index in [1.165, 1.54) is 25.7 Å². The first-order chi connectivity index (χ1) is 12.7. The molecule has 4 aliphatic rings. The van der Waals surface area contributed by atoms with E-state index in [4.69, 9.17) is 11.6 Å². The van der Waals surface area contributed by atoms with Gasteiger partial charge in [0.1, 0.15) is 5.38 Å². The predicted octanol–water partition coefficient (Wildman–Crippen LogP) is -0.0181. The number of piperazine rings is 1. The molecule has 3 aliphatic heterocycles. The molecule has 0 aromatic carbocycles. The number of nitrogens with one attached hydrogen (secondary N) is 3. The van der Waals surface area contributed by atoms with Crippen molar-refractivity contribution in [1.29, 1.82) is 0 Å². The number of nitrogens with zero attached hydrogens (tertiary/aromatic N) is 3. The highest BCUT2D eigenvalue weighted by molar-refractivity contribution is 6.31. The molecule has 0 aromatic heterocycles. The Morgan fingerprint density at radius 3 is 2.65 bits per heavy atom. The maximum absolute atomic E-state index is 11.8. The van der Waals surface area contributed by atoms with Gasteiger partial charge in [-0.15, -0.1) is 11.6 Å². The Balaban J connectivity index is 1.29. The van der Waals surface area contributed by atoms with E-state index in [-0.39, 0.29) is 11.9 Å². The van der Waals surface area contributed by atoms with Crippen LogP contribution in [0, 0.1) is 5.92 Å². The van der Waals surface area contributed by atoms with Crippen LogP contribution in [0.2, 0.25) is 0 Å². The molecule has 1 aliphatic carbocycles. The standard InChI is InChI=1S/C18H33ClN6O/c1-2-25-15-6-4-3-5-13(15)14(22-25)12-23-7-9-24(10-8-23)16-11-20-21-18(26)17(16)19/h13-17,20,22H,2-12H2,1H3,(H,21,26). The van der Waals surface area contributed by atoms with Gasteiger partial charge in [-0.05, 0) is 18.8 Å². The van der Waals surface area contributed by atoms with E-state index in [2.05, 4.69) is 38.0 Å². The van der Waals surface area contributed by atoms with Crippen LogP contribution < -0.4 is 16.3 Å². The summed E-state index contributed by atoms with van der Waals surface area (Å²) < 4.78 is 0. The van der Waals surface area contributed by atoms with E-state index >= 15 is 0 Å². The Kier molecular flexibility index (Phi) is 6.02. The molecule has 3 heterocycles. The Morgan fingerprint density at radius 2 is 1.88 bits per heavy atom. The third kappa shape index (κ3) is 3.75. The molecule has 5 atom stereocenters. The summed E-state index contributed by atoms with van der Waals surface area (Å²) in [7, 11) is 0. The predicted molar refractivity (Wildman–Crippen MR) is 103 cm³/mol. The van der Waals surface area contributed by atoms with Gasteiger partial charge in [0.05, 0.1) is 0 Å². The van der Waals surface area contributed by atoms with E-state index in [1.54, 1.807) is 0 Å². The molecule has 1 amide bonds. The maximum Gasteiger partial charge on any atom is 0.253 e. The highest BCUT2D eigenvalue weighted by Crippen LogP contribution is 2.35. The molecule has 3 N–H and O–H groups in total. The maximum atomic E-state index is 11.8. The number of amides is 1. The fourth-order valence-electron chi connectivity index (χ4n) is 5.36. The summed E-state index contributed by atoms with van der Waals surface area (Å²) in [4.78, 5) is 16.8. The smallest absolute Gasteiger partial charge is 0.253 e. The van der Waals surface area contributed by atoms with Gasteiger partial charge in [-0.1, -0.05) is 19.8 Å². The van der Waals surface area contributed by atoms with Crippen LogP contribution >= 0.6 is 11.6 Å². The zero-order chi connectivity index (χ0) is 18.1. The molecule has 26 heavy (non-hydrogen) atoms. The minimum Gasteiger partial charge on any atom is -0.299 e. The number of hydrazine groups is 2. The summed E-state index contributed by atoms with van der Waals surface area (Å²) in [5.74, 6) is 0.698. The summed E-state index contributed by atoms with van der Waals surface area (Å²) in [6.45, 7) is 9.31. The van der Waals surface area contributed by atoms with E-state index in [0.717, 1.165) is 57.8 Å². The average molecular weight is 385 g/mol. The Morgan fingerprint density at radius 1 is 1.12 bits per heavy atom. The van der Waals surface area contributed by atoms with Gasteiger partial charge in [-0.3, -0.25) is 25.4 Å². The lowest BCUT2D eigenvalue weighted by molar-refractivity contribution is -0.125. The van der Waals surface area contributed by atoms with Crippen molar-refractivity contribution in [2.75, 3.05) is 45.8 Å². The summed E-state index contributed by atoms with van der Waals surface area (Å²) in [5, 5.41) is 2.04. The molecule has 4 rings (SSSR count). The number of hydrogen-bond donors (Lipinski definition) is 3. The zero-order valence-electron chi connectivity index (χ0n) is 15.8. The van der Waals surface area contributed by atoms with Gasteiger partial charge >= 0.3 is 0 Å². The first-order valence-corrected chi connectivity index (χ1v) is 10.8. The second kappa shape index (κ2) is 8.29. The van der Waals surface area contributed by atoms with Gasteiger partial charge in [0.25, 0.3) is 5.91 Å². The molecule has 0 spiro atoms. The van der Waals surface area contributed by atoms with Crippen molar-refractivity contribution in [3.63, 3.8) is 0 Å². The molecule has 3 saturated heterocycles. The highest BCUT2D eigenvalue weighted by Gasteiger charge is 2.43. The van der Waals surface area contributed by atoms with Crippen LogP contribution in [0.15, 0.2) is 0 Å². The average Bonchev–Trinajstić information content (AvgIpc) is 3.03. The number of halogens is 1. The lowest BCUT2D eigenvalue weighted by Crippen LogP contribution is -2.64. The summed E-state index contributed by atoms with van der Waals surface area (Å²) >= 11 is 6.33. The highest BCUT2D eigenvalue weighted by atomic mass is 35.5. The van der Waals surface area contributed by atoms with Crippen molar-refractivity contribution in [3.05, 3.63) is 0 Å². The molecule has 0 aromatic rings. The Hall–Kier alpha value is -0.440. The third-order valence-electron chi connectivity index (χ3n) is 6.81. The quantitative estimate of drug-likeness (QED) is 0.592. The molecule has 0 radical (unpaired) electrons. The molecule has 8 heteroatoms. The Bertz CT molecular complexity index is 500. The fraction of sp³-hybridized carbons (Fsp3) is 0.944. The van der Waals surface area contributed by atoms with Crippen LogP contribution in [-0.4, -0.2) is 90.0 Å². The normalized spacial score (nSPS) is 40.4. The van der Waals surface area contributed by atoms with Gasteiger partial charge in [0.15, 0.2) is 0 Å². The number of alkyl halides is 1. The minimum atomic E-state index is -0.458. The first-order valence-electron chi connectivity index (χ1n) is 10.3. The molecular weight excluding hydrogens is 352 g/mol. The van der Waals surface area contributed by atoms with Gasteiger partial charge < -0.3 is 0 Å². The van der Waals surface area contributed by atoms with Gasteiger partial charge in [-0.25, -0.2) is 10.4 Å². The molecular formula is C18H33ClN6O. The lowest BCUT2D eigenvalue weighted by Gasteiger charge is -2.43. The van der Waals surface area contributed by atoms with Crippen LogP contribution in [0.3, 0.4) is 0 Å². The molecule has 5 unspecified atom stereocenters. The number of carbonyl (C=O) groups is 1. The van der Waals surface area contributed by atoms with Crippen LogP contribution in [0.1, 0.15) is 32.6 Å². The van der Waals surface area contributed by atoms with E-state index < -0.39 is 5.38 Å².